The highest BCUT2D eigenvalue weighted by Gasteiger charge is 2.34. The minimum Gasteiger partial charge on any atom is -0.336 e. The summed E-state index contributed by atoms with van der Waals surface area (Å²) < 4.78 is 38.7. The molecule has 10 heteroatoms. The molecule has 0 radical (unpaired) electrons. The van der Waals surface area contributed by atoms with Gasteiger partial charge in [0.15, 0.2) is 0 Å². The molecule has 2 aromatic carbocycles. The second-order valence-corrected chi connectivity index (χ2v) is 9.32. The summed E-state index contributed by atoms with van der Waals surface area (Å²) in [6, 6.07) is 7.00. The molecule has 1 aliphatic heterocycles. The summed E-state index contributed by atoms with van der Waals surface area (Å²) in [5, 5.41) is 4.46. The van der Waals surface area contributed by atoms with Crippen LogP contribution >= 0.6 is 11.8 Å². The van der Waals surface area contributed by atoms with E-state index in [0.29, 0.717) is 10.6 Å². The Hall–Kier alpha value is -3.01. The minimum atomic E-state index is -4.52. The lowest BCUT2D eigenvalue weighted by atomic mass is 10.1. The van der Waals surface area contributed by atoms with Crippen molar-refractivity contribution in [1.82, 2.24) is 4.90 Å². The fourth-order valence-corrected chi connectivity index (χ4v) is 4.72. The van der Waals surface area contributed by atoms with Gasteiger partial charge in [-0.3, -0.25) is 14.4 Å². The number of benzene rings is 2. The molecule has 33 heavy (non-hydrogen) atoms. The van der Waals surface area contributed by atoms with Crippen LogP contribution in [-0.4, -0.2) is 41.5 Å². The number of anilines is 2. The van der Waals surface area contributed by atoms with Gasteiger partial charge in [-0.15, -0.1) is 11.8 Å². The van der Waals surface area contributed by atoms with E-state index in [-0.39, 0.29) is 24.6 Å². The zero-order valence-corrected chi connectivity index (χ0v) is 19.4. The Morgan fingerprint density at radius 2 is 1.76 bits per heavy atom. The highest BCUT2D eigenvalue weighted by Crippen LogP contribution is 2.40. The summed E-state index contributed by atoms with van der Waals surface area (Å²) in [6.07, 6.45) is -4.71. The number of hydrogen-bond donors (Lipinski definition) is 2. The van der Waals surface area contributed by atoms with Gasteiger partial charge in [0.05, 0.1) is 23.0 Å². The Morgan fingerprint density at radius 3 is 2.36 bits per heavy atom. The van der Waals surface area contributed by atoms with Gasteiger partial charge in [0.1, 0.15) is 0 Å². The van der Waals surface area contributed by atoms with Crippen molar-refractivity contribution in [3.63, 3.8) is 0 Å². The number of likely N-dealkylation sites (N-methyl/N-ethyl adjacent to an activating group) is 1. The summed E-state index contributed by atoms with van der Waals surface area (Å²) >= 11 is 1.03. The van der Waals surface area contributed by atoms with Crippen molar-refractivity contribution >= 4 is 40.9 Å². The standard InChI is InChI=1S/C23H24F3N3O3S/c1-12-7-13(2)21(14(3)8-12)28-19(30)11-29(4)20(31)10-18-22(32)27-16-9-15(23(24,25)26)5-6-17(16)33-18/h5-9,18H,10-11H2,1-4H3,(H,27,32)(H,28,30)/t18-/m1/s1. The molecule has 0 spiro atoms. The smallest absolute Gasteiger partial charge is 0.336 e. The number of nitrogens with one attached hydrogen (secondary N) is 2. The van der Waals surface area contributed by atoms with Gasteiger partial charge in [0.25, 0.3) is 0 Å². The molecular formula is C23H24F3N3O3S. The largest absolute Gasteiger partial charge is 0.416 e. The first-order chi connectivity index (χ1) is 15.3. The molecule has 3 amide bonds. The van der Waals surface area contributed by atoms with E-state index in [2.05, 4.69) is 10.6 Å². The zero-order valence-electron chi connectivity index (χ0n) is 18.6. The van der Waals surface area contributed by atoms with Crippen LogP contribution in [0.15, 0.2) is 35.2 Å². The molecule has 176 valence electrons. The van der Waals surface area contributed by atoms with Gasteiger partial charge >= 0.3 is 6.18 Å². The number of thioether (sulfide) groups is 1. The number of fused-ring (bicyclic) bond motifs is 1. The number of rotatable bonds is 5. The molecule has 6 nitrogen and oxygen atoms in total. The Kier molecular flexibility index (Phi) is 7.06. The Bertz CT molecular complexity index is 1090. The summed E-state index contributed by atoms with van der Waals surface area (Å²) in [5.41, 5.74) is 2.81. The molecule has 0 saturated heterocycles. The van der Waals surface area contributed by atoms with Crippen LogP contribution in [0.1, 0.15) is 28.7 Å². The van der Waals surface area contributed by atoms with Crippen LogP contribution in [0.4, 0.5) is 24.5 Å². The van der Waals surface area contributed by atoms with Gasteiger partial charge in [0.2, 0.25) is 17.7 Å². The fraction of sp³-hybridized carbons (Fsp3) is 0.348. The van der Waals surface area contributed by atoms with Crippen LogP contribution in [-0.2, 0) is 20.6 Å². The Morgan fingerprint density at radius 1 is 1.12 bits per heavy atom. The van der Waals surface area contributed by atoms with Crippen molar-refractivity contribution < 1.29 is 27.6 Å². The number of halogens is 3. The van der Waals surface area contributed by atoms with E-state index < -0.39 is 28.8 Å². The molecule has 1 heterocycles. The van der Waals surface area contributed by atoms with Crippen LogP contribution in [0.25, 0.3) is 0 Å². The van der Waals surface area contributed by atoms with Gasteiger partial charge < -0.3 is 15.5 Å². The highest BCUT2D eigenvalue weighted by atomic mass is 32.2. The molecule has 1 atom stereocenters. The van der Waals surface area contributed by atoms with Crippen molar-refractivity contribution in [2.24, 2.45) is 0 Å². The lowest BCUT2D eigenvalue weighted by molar-refractivity contribution is -0.137. The molecule has 0 unspecified atom stereocenters. The maximum absolute atomic E-state index is 12.9. The first kappa shape index (κ1) is 24.6. The third-order valence-corrected chi connectivity index (χ3v) is 6.51. The number of carbonyl (C=O) groups is 3. The first-order valence-corrected chi connectivity index (χ1v) is 11.0. The summed E-state index contributed by atoms with van der Waals surface area (Å²) in [7, 11) is 1.46. The Labute approximate surface area is 193 Å². The summed E-state index contributed by atoms with van der Waals surface area (Å²) in [6.45, 7) is 5.54. The van der Waals surface area contributed by atoms with Crippen molar-refractivity contribution in [2.75, 3.05) is 24.2 Å². The van der Waals surface area contributed by atoms with E-state index in [1.54, 1.807) is 0 Å². The molecule has 0 aromatic heterocycles. The number of aryl methyl sites for hydroxylation is 3. The third kappa shape index (κ3) is 5.87. The van der Waals surface area contributed by atoms with E-state index in [1.807, 2.05) is 32.9 Å². The number of hydrogen-bond acceptors (Lipinski definition) is 4. The van der Waals surface area contributed by atoms with E-state index in [4.69, 9.17) is 0 Å². The molecule has 0 fully saturated rings. The maximum Gasteiger partial charge on any atom is 0.416 e. The van der Waals surface area contributed by atoms with Crippen LogP contribution < -0.4 is 10.6 Å². The normalized spacial score (nSPS) is 15.5. The van der Waals surface area contributed by atoms with E-state index >= 15 is 0 Å². The van der Waals surface area contributed by atoms with Gasteiger partial charge in [-0.1, -0.05) is 17.7 Å². The predicted octanol–water partition coefficient (Wildman–Crippen LogP) is 4.53. The maximum atomic E-state index is 12.9. The molecule has 2 N–H and O–H groups in total. The summed E-state index contributed by atoms with van der Waals surface area (Å²) in [5.74, 6) is -1.35. The SMILES string of the molecule is Cc1cc(C)c(NC(=O)CN(C)C(=O)C[C@H]2Sc3ccc(C(F)(F)F)cc3NC2=O)c(C)c1. The van der Waals surface area contributed by atoms with Gasteiger partial charge in [-0.05, 0) is 50.1 Å². The number of amides is 3. The van der Waals surface area contributed by atoms with Crippen molar-refractivity contribution in [1.29, 1.82) is 0 Å². The van der Waals surface area contributed by atoms with E-state index in [1.165, 1.54) is 18.0 Å². The topological polar surface area (TPSA) is 78.5 Å². The van der Waals surface area contributed by atoms with Crippen molar-refractivity contribution in [2.45, 2.75) is 43.5 Å². The minimum absolute atomic E-state index is 0.0695. The van der Waals surface area contributed by atoms with Crippen LogP contribution in [0.2, 0.25) is 0 Å². The average molecular weight is 480 g/mol. The monoisotopic (exact) mass is 479 g/mol. The van der Waals surface area contributed by atoms with E-state index in [0.717, 1.165) is 40.6 Å². The van der Waals surface area contributed by atoms with E-state index in [9.17, 15) is 27.6 Å². The van der Waals surface area contributed by atoms with Crippen molar-refractivity contribution in [3.8, 4) is 0 Å². The second kappa shape index (κ2) is 9.46. The molecule has 2 aromatic rings. The average Bonchev–Trinajstić information content (AvgIpc) is 2.70. The lowest BCUT2D eigenvalue weighted by Crippen LogP contribution is -2.39. The number of nitrogens with zero attached hydrogens (tertiary/aromatic N) is 1. The van der Waals surface area contributed by atoms with Crippen LogP contribution in [0.5, 0.6) is 0 Å². The molecule has 0 saturated carbocycles. The number of carbonyl (C=O) groups excluding carboxylic acids is 3. The molecule has 1 aliphatic rings. The zero-order chi connectivity index (χ0) is 24.5. The molecule has 0 bridgehead atoms. The quantitative estimate of drug-likeness (QED) is 0.661. The summed E-state index contributed by atoms with van der Waals surface area (Å²) in [4.78, 5) is 39.1. The van der Waals surface area contributed by atoms with Gasteiger partial charge in [-0.25, -0.2) is 0 Å². The van der Waals surface area contributed by atoms with Crippen LogP contribution in [0, 0.1) is 20.8 Å². The first-order valence-electron chi connectivity index (χ1n) is 10.2. The van der Waals surface area contributed by atoms with Crippen LogP contribution in [0.3, 0.4) is 0 Å². The lowest BCUT2D eigenvalue weighted by Gasteiger charge is -2.26. The Balaban J connectivity index is 1.61. The van der Waals surface area contributed by atoms with Gasteiger partial charge in [-0.2, -0.15) is 13.2 Å². The fourth-order valence-electron chi connectivity index (χ4n) is 3.64. The second-order valence-electron chi connectivity index (χ2n) is 8.08. The third-order valence-electron chi connectivity index (χ3n) is 5.23. The predicted molar refractivity (Wildman–Crippen MR) is 121 cm³/mol. The molecular weight excluding hydrogens is 455 g/mol. The highest BCUT2D eigenvalue weighted by molar-refractivity contribution is 8.01. The van der Waals surface area contributed by atoms with Crippen molar-refractivity contribution in [3.05, 3.63) is 52.6 Å². The molecule has 0 aliphatic carbocycles. The van der Waals surface area contributed by atoms with Gasteiger partial charge in [0, 0.05) is 24.1 Å². The number of alkyl halides is 3. The molecule has 3 rings (SSSR count).